The highest BCUT2D eigenvalue weighted by Gasteiger charge is 2.31. The summed E-state index contributed by atoms with van der Waals surface area (Å²) in [5.74, 6) is 0. The zero-order valence-electron chi connectivity index (χ0n) is 12.7. The van der Waals surface area contributed by atoms with Crippen LogP contribution in [-0.4, -0.2) is 19.3 Å². The molecule has 106 valence electrons. The predicted molar refractivity (Wildman–Crippen MR) is 80.5 cm³/mol. The van der Waals surface area contributed by atoms with Crippen LogP contribution >= 0.6 is 0 Å². The third-order valence-electron chi connectivity index (χ3n) is 4.23. The maximum absolute atomic E-state index is 5.60. The quantitative estimate of drug-likeness (QED) is 0.870. The molecule has 0 bridgehead atoms. The largest absolute Gasteiger partial charge is 0.377 e. The molecule has 0 aliphatic heterocycles. The van der Waals surface area contributed by atoms with E-state index in [4.69, 9.17) is 4.74 Å². The van der Waals surface area contributed by atoms with Gasteiger partial charge in [0, 0.05) is 19.2 Å². The molecule has 1 aliphatic carbocycles. The fourth-order valence-corrected chi connectivity index (χ4v) is 3.08. The van der Waals surface area contributed by atoms with E-state index in [2.05, 4.69) is 57.3 Å². The van der Waals surface area contributed by atoms with Crippen LogP contribution < -0.4 is 5.32 Å². The predicted octanol–water partition coefficient (Wildman–Crippen LogP) is 3.81. The molecule has 1 aromatic carbocycles. The Balaban J connectivity index is 2.08. The van der Waals surface area contributed by atoms with Gasteiger partial charge >= 0.3 is 0 Å². The molecule has 19 heavy (non-hydrogen) atoms. The number of nitrogens with one attached hydrogen (secondary N) is 1. The van der Waals surface area contributed by atoms with Crippen LogP contribution in [0.3, 0.4) is 0 Å². The molecule has 2 atom stereocenters. The summed E-state index contributed by atoms with van der Waals surface area (Å²) < 4.78 is 5.60. The first-order chi connectivity index (χ1) is 9.04. The minimum Gasteiger partial charge on any atom is -0.377 e. The van der Waals surface area contributed by atoms with E-state index in [0.717, 1.165) is 13.2 Å². The second-order valence-electron chi connectivity index (χ2n) is 6.24. The molecule has 1 aliphatic rings. The van der Waals surface area contributed by atoms with Crippen LogP contribution in [0.2, 0.25) is 0 Å². The minimum atomic E-state index is 0.284. The van der Waals surface area contributed by atoms with E-state index in [0.29, 0.717) is 11.5 Å². The average Bonchev–Trinajstić information content (AvgIpc) is 2.38. The van der Waals surface area contributed by atoms with Gasteiger partial charge < -0.3 is 10.1 Å². The van der Waals surface area contributed by atoms with Gasteiger partial charge in [0.25, 0.3) is 0 Å². The Morgan fingerprint density at radius 3 is 2.84 bits per heavy atom. The Labute approximate surface area is 117 Å². The maximum atomic E-state index is 5.60. The number of benzene rings is 1. The van der Waals surface area contributed by atoms with Crippen molar-refractivity contribution < 1.29 is 4.74 Å². The molecule has 2 nitrogen and oxygen atoms in total. The van der Waals surface area contributed by atoms with Crippen molar-refractivity contribution >= 4 is 0 Å². The van der Waals surface area contributed by atoms with Crippen LogP contribution in [0.25, 0.3) is 0 Å². The van der Waals surface area contributed by atoms with Gasteiger partial charge in [-0.3, -0.25) is 0 Å². The first-order valence-electron chi connectivity index (χ1n) is 7.49. The van der Waals surface area contributed by atoms with Gasteiger partial charge in [-0.1, -0.05) is 38.1 Å². The first kappa shape index (κ1) is 14.5. The second kappa shape index (κ2) is 6.06. The van der Waals surface area contributed by atoms with Gasteiger partial charge in [-0.2, -0.15) is 0 Å². The second-order valence-corrected chi connectivity index (χ2v) is 6.24. The molecule has 2 unspecified atom stereocenters. The normalized spacial score (nSPS) is 22.8. The standard InChI is InChI=1S/C17H27NO/c1-5-19-13(2)12-18-16-10-11-17(3,4)15-9-7-6-8-14(15)16/h6-9,13,16,18H,5,10-12H2,1-4H3. The van der Waals surface area contributed by atoms with Crippen LogP contribution in [-0.2, 0) is 10.2 Å². The molecule has 0 aromatic heterocycles. The van der Waals surface area contributed by atoms with E-state index < -0.39 is 0 Å². The van der Waals surface area contributed by atoms with E-state index in [9.17, 15) is 0 Å². The summed E-state index contributed by atoms with van der Waals surface area (Å²) in [4.78, 5) is 0. The van der Waals surface area contributed by atoms with E-state index in [1.165, 1.54) is 24.0 Å². The monoisotopic (exact) mass is 261 g/mol. The number of hydrogen-bond acceptors (Lipinski definition) is 2. The van der Waals surface area contributed by atoms with Crippen molar-refractivity contribution in [1.82, 2.24) is 5.32 Å². The summed E-state index contributed by atoms with van der Waals surface area (Å²) in [6.45, 7) is 10.6. The van der Waals surface area contributed by atoms with Crippen molar-refractivity contribution in [2.45, 2.75) is 58.1 Å². The highest BCUT2D eigenvalue weighted by Crippen LogP contribution is 2.41. The van der Waals surface area contributed by atoms with Gasteiger partial charge in [0.15, 0.2) is 0 Å². The van der Waals surface area contributed by atoms with Crippen molar-refractivity contribution in [1.29, 1.82) is 0 Å². The highest BCUT2D eigenvalue weighted by molar-refractivity contribution is 5.38. The zero-order chi connectivity index (χ0) is 13.9. The van der Waals surface area contributed by atoms with Gasteiger partial charge in [0.1, 0.15) is 0 Å². The lowest BCUT2D eigenvalue weighted by atomic mass is 9.71. The van der Waals surface area contributed by atoms with Gasteiger partial charge in [-0.15, -0.1) is 0 Å². The van der Waals surface area contributed by atoms with Crippen LogP contribution in [0.1, 0.15) is 57.7 Å². The van der Waals surface area contributed by atoms with E-state index in [1.54, 1.807) is 0 Å². The molecule has 0 radical (unpaired) electrons. The van der Waals surface area contributed by atoms with Crippen molar-refractivity contribution in [3.05, 3.63) is 35.4 Å². The van der Waals surface area contributed by atoms with E-state index in [1.807, 2.05) is 0 Å². The van der Waals surface area contributed by atoms with Crippen molar-refractivity contribution in [2.75, 3.05) is 13.2 Å². The first-order valence-corrected chi connectivity index (χ1v) is 7.49. The Hall–Kier alpha value is -0.860. The van der Waals surface area contributed by atoms with Crippen molar-refractivity contribution in [2.24, 2.45) is 0 Å². The molecular weight excluding hydrogens is 234 g/mol. The Kier molecular flexibility index (Phi) is 4.64. The fraction of sp³-hybridized carbons (Fsp3) is 0.647. The molecule has 2 heteroatoms. The summed E-state index contributed by atoms with van der Waals surface area (Å²) in [6, 6.07) is 9.35. The highest BCUT2D eigenvalue weighted by atomic mass is 16.5. The molecule has 1 aromatic rings. The van der Waals surface area contributed by atoms with Crippen molar-refractivity contribution in [3.8, 4) is 0 Å². The molecule has 0 amide bonds. The lowest BCUT2D eigenvalue weighted by Crippen LogP contribution is -2.36. The van der Waals surface area contributed by atoms with Crippen LogP contribution in [0.5, 0.6) is 0 Å². The van der Waals surface area contributed by atoms with E-state index >= 15 is 0 Å². The zero-order valence-corrected chi connectivity index (χ0v) is 12.7. The average molecular weight is 261 g/mol. The lowest BCUT2D eigenvalue weighted by Gasteiger charge is -2.37. The molecule has 0 heterocycles. The molecule has 0 saturated carbocycles. The number of rotatable bonds is 5. The smallest absolute Gasteiger partial charge is 0.0671 e. The molecule has 0 spiro atoms. The van der Waals surface area contributed by atoms with Gasteiger partial charge in [-0.25, -0.2) is 0 Å². The number of ether oxygens (including phenoxy) is 1. The lowest BCUT2D eigenvalue weighted by molar-refractivity contribution is 0.0730. The van der Waals surface area contributed by atoms with E-state index in [-0.39, 0.29) is 6.10 Å². The molecular formula is C17H27NO. The number of fused-ring (bicyclic) bond motifs is 1. The number of hydrogen-bond donors (Lipinski definition) is 1. The third kappa shape index (κ3) is 3.37. The SMILES string of the molecule is CCOC(C)CNC1CCC(C)(C)c2ccccc21. The minimum absolute atomic E-state index is 0.284. The molecule has 0 fully saturated rings. The Morgan fingerprint density at radius 2 is 2.11 bits per heavy atom. The van der Waals surface area contributed by atoms with Gasteiger partial charge in [0.05, 0.1) is 6.10 Å². The third-order valence-corrected chi connectivity index (χ3v) is 4.23. The Morgan fingerprint density at radius 1 is 1.37 bits per heavy atom. The summed E-state index contributed by atoms with van der Waals surface area (Å²) in [5, 5.41) is 3.68. The molecule has 1 N–H and O–H groups in total. The summed E-state index contributed by atoms with van der Waals surface area (Å²) in [7, 11) is 0. The maximum Gasteiger partial charge on any atom is 0.0671 e. The van der Waals surface area contributed by atoms with Gasteiger partial charge in [-0.05, 0) is 43.2 Å². The summed E-state index contributed by atoms with van der Waals surface area (Å²) >= 11 is 0. The van der Waals surface area contributed by atoms with Crippen molar-refractivity contribution in [3.63, 3.8) is 0 Å². The summed E-state index contributed by atoms with van der Waals surface area (Å²) in [6.07, 6.45) is 2.74. The van der Waals surface area contributed by atoms with Gasteiger partial charge in [0.2, 0.25) is 0 Å². The van der Waals surface area contributed by atoms with Crippen LogP contribution in [0, 0.1) is 0 Å². The Bertz CT molecular complexity index is 413. The summed E-state index contributed by atoms with van der Waals surface area (Å²) in [5.41, 5.74) is 3.28. The topological polar surface area (TPSA) is 21.3 Å². The molecule has 0 saturated heterocycles. The van der Waals surface area contributed by atoms with Crippen LogP contribution in [0.15, 0.2) is 24.3 Å². The fourth-order valence-electron chi connectivity index (χ4n) is 3.08. The van der Waals surface area contributed by atoms with Crippen LogP contribution in [0.4, 0.5) is 0 Å². The molecule has 2 rings (SSSR count).